The van der Waals surface area contributed by atoms with E-state index in [4.69, 9.17) is 5.11 Å². The standard InChI is InChI=1S/C17H14N4O4/c22-12-7-6-11-16(15(12)17(25)19-9-14(23)24)18-8-13(21-11)20-10-4-2-1-3-5-10/h1-8,22H,9H2,(H,19,25)(H,20,21)(H,23,24). The second-order valence-corrected chi connectivity index (χ2v) is 5.15. The van der Waals surface area contributed by atoms with E-state index in [1.54, 1.807) is 0 Å². The monoisotopic (exact) mass is 338 g/mol. The van der Waals surface area contributed by atoms with Crippen molar-refractivity contribution in [1.82, 2.24) is 15.3 Å². The zero-order chi connectivity index (χ0) is 17.8. The quantitative estimate of drug-likeness (QED) is 0.560. The fourth-order valence-electron chi connectivity index (χ4n) is 2.27. The highest BCUT2D eigenvalue weighted by Gasteiger charge is 2.18. The van der Waals surface area contributed by atoms with Crippen molar-refractivity contribution in [3.05, 3.63) is 54.2 Å². The number of nitrogens with one attached hydrogen (secondary N) is 2. The van der Waals surface area contributed by atoms with Crippen LogP contribution in [0.3, 0.4) is 0 Å². The van der Waals surface area contributed by atoms with Crippen molar-refractivity contribution in [2.24, 2.45) is 0 Å². The Balaban J connectivity index is 1.95. The molecule has 8 heteroatoms. The first kappa shape index (κ1) is 16.2. The number of carbonyl (C=O) groups is 2. The van der Waals surface area contributed by atoms with Crippen LogP contribution in [0.4, 0.5) is 11.5 Å². The Morgan fingerprint density at radius 1 is 1.08 bits per heavy atom. The third kappa shape index (κ3) is 3.63. The Bertz CT molecular complexity index is 944. The molecule has 1 aromatic heterocycles. The lowest BCUT2D eigenvalue weighted by Gasteiger charge is -2.10. The number of carboxylic acid groups (broad SMARTS) is 1. The highest BCUT2D eigenvalue weighted by molar-refractivity contribution is 6.08. The lowest BCUT2D eigenvalue weighted by molar-refractivity contribution is -0.135. The van der Waals surface area contributed by atoms with Crippen LogP contribution in [0.2, 0.25) is 0 Å². The average molecular weight is 338 g/mol. The van der Waals surface area contributed by atoms with Gasteiger partial charge in [0.1, 0.15) is 29.2 Å². The van der Waals surface area contributed by atoms with Crippen LogP contribution < -0.4 is 10.6 Å². The number of aromatic hydroxyl groups is 1. The van der Waals surface area contributed by atoms with Gasteiger partial charge in [0.25, 0.3) is 5.91 Å². The van der Waals surface area contributed by atoms with Crippen molar-refractivity contribution in [3.8, 4) is 5.75 Å². The SMILES string of the molecule is O=C(O)CNC(=O)c1c(O)ccc2nc(Nc3ccccc3)cnc12. The van der Waals surface area contributed by atoms with E-state index >= 15 is 0 Å². The normalized spacial score (nSPS) is 10.4. The van der Waals surface area contributed by atoms with Crippen molar-refractivity contribution in [1.29, 1.82) is 0 Å². The molecule has 1 heterocycles. The molecule has 126 valence electrons. The van der Waals surface area contributed by atoms with E-state index in [-0.39, 0.29) is 16.8 Å². The summed E-state index contributed by atoms with van der Waals surface area (Å²) in [6.07, 6.45) is 1.43. The number of phenols is 1. The van der Waals surface area contributed by atoms with Crippen molar-refractivity contribution in [2.45, 2.75) is 0 Å². The Morgan fingerprint density at radius 3 is 2.56 bits per heavy atom. The number of fused-ring (bicyclic) bond motifs is 1. The van der Waals surface area contributed by atoms with Gasteiger partial charge >= 0.3 is 5.97 Å². The van der Waals surface area contributed by atoms with Gasteiger partial charge in [-0.2, -0.15) is 0 Å². The first-order chi connectivity index (χ1) is 12.0. The predicted molar refractivity (Wildman–Crippen MR) is 90.9 cm³/mol. The van der Waals surface area contributed by atoms with Gasteiger partial charge in [0.05, 0.1) is 11.7 Å². The topological polar surface area (TPSA) is 124 Å². The summed E-state index contributed by atoms with van der Waals surface area (Å²) >= 11 is 0. The molecule has 3 rings (SSSR count). The van der Waals surface area contributed by atoms with Crippen LogP contribution in [0, 0.1) is 0 Å². The summed E-state index contributed by atoms with van der Waals surface area (Å²) in [5, 5.41) is 23.9. The second kappa shape index (κ2) is 6.83. The maximum Gasteiger partial charge on any atom is 0.322 e. The number of amides is 1. The molecule has 0 saturated carbocycles. The minimum absolute atomic E-state index is 0.113. The van der Waals surface area contributed by atoms with Crippen LogP contribution in [0.1, 0.15) is 10.4 Å². The number of hydrogen-bond donors (Lipinski definition) is 4. The van der Waals surface area contributed by atoms with E-state index in [0.29, 0.717) is 11.3 Å². The maximum absolute atomic E-state index is 12.1. The predicted octanol–water partition coefficient (Wildman–Crippen LogP) is 1.89. The van der Waals surface area contributed by atoms with Gasteiger partial charge in [0, 0.05) is 5.69 Å². The molecule has 0 bridgehead atoms. The molecule has 0 aliphatic rings. The Labute approximate surface area is 142 Å². The Hall–Kier alpha value is -3.68. The van der Waals surface area contributed by atoms with E-state index in [1.807, 2.05) is 30.3 Å². The third-order valence-electron chi connectivity index (χ3n) is 3.36. The van der Waals surface area contributed by atoms with Gasteiger partial charge in [-0.25, -0.2) is 9.97 Å². The number of carboxylic acids is 1. The molecule has 1 amide bonds. The number of phenolic OH excluding ortho intramolecular Hbond substituents is 1. The highest BCUT2D eigenvalue weighted by atomic mass is 16.4. The molecule has 8 nitrogen and oxygen atoms in total. The van der Waals surface area contributed by atoms with Crippen molar-refractivity contribution in [2.75, 3.05) is 11.9 Å². The van der Waals surface area contributed by atoms with E-state index in [2.05, 4.69) is 20.6 Å². The van der Waals surface area contributed by atoms with Crippen molar-refractivity contribution >= 4 is 34.4 Å². The molecular weight excluding hydrogens is 324 g/mol. The summed E-state index contributed by atoms with van der Waals surface area (Å²) < 4.78 is 0. The van der Waals surface area contributed by atoms with Crippen LogP contribution in [-0.2, 0) is 4.79 Å². The van der Waals surface area contributed by atoms with Gasteiger partial charge < -0.3 is 20.8 Å². The number of aliphatic carboxylic acids is 1. The zero-order valence-corrected chi connectivity index (χ0v) is 12.9. The van der Waals surface area contributed by atoms with Gasteiger partial charge in [-0.3, -0.25) is 9.59 Å². The van der Waals surface area contributed by atoms with Gasteiger partial charge in [0.2, 0.25) is 0 Å². The molecule has 0 aliphatic carbocycles. The number of benzene rings is 2. The zero-order valence-electron chi connectivity index (χ0n) is 12.9. The van der Waals surface area contributed by atoms with Crippen LogP contribution in [0.5, 0.6) is 5.75 Å². The number of carbonyl (C=O) groups excluding carboxylic acids is 1. The molecule has 0 aliphatic heterocycles. The highest BCUT2D eigenvalue weighted by Crippen LogP contribution is 2.26. The van der Waals surface area contributed by atoms with E-state index in [9.17, 15) is 14.7 Å². The molecule has 0 saturated heterocycles. The Morgan fingerprint density at radius 2 is 1.84 bits per heavy atom. The summed E-state index contributed by atoms with van der Waals surface area (Å²) in [5.74, 6) is -1.74. The minimum Gasteiger partial charge on any atom is -0.507 e. The summed E-state index contributed by atoms with van der Waals surface area (Å²) in [5.41, 5.74) is 1.28. The lowest BCUT2D eigenvalue weighted by Crippen LogP contribution is -2.29. The number of hydrogen-bond acceptors (Lipinski definition) is 6. The second-order valence-electron chi connectivity index (χ2n) is 5.15. The maximum atomic E-state index is 12.1. The minimum atomic E-state index is -1.19. The summed E-state index contributed by atoms with van der Waals surface area (Å²) in [6, 6.07) is 12.2. The number of rotatable bonds is 5. The van der Waals surface area contributed by atoms with E-state index in [1.165, 1.54) is 18.3 Å². The Kier molecular flexibility index (Phi) is 4.42. The summed E-state index contributed by atoms with van der Waals surface area (Å²) in [7, 11) is 0. The van der Waals surface area contributed by atoms with Crippen molar-refractivity contribution < 1.29 is 19.8 Å². The molecule has 2 aromatic carbocycles. The largest absolute Gasteiger partial charge is 0.507 e. The first-order valence-electron chi connectivity index (χ1n) is 7.35. The molecule has 0 fully saturated rings. The summed E-state index contributed by atoms with van der Waals surface area (Å²) in [4.78, 5) is 31.3. The van der Waals surface area contributed by atoms with Gasteiger partial charge in [0.15, 0.2) is 0 Å². The third-order valence-corrected chi connectivity index (χ3v) is 3.36. The smallest absolute Gasteiger partial charge is 0.322 e. The van der Waals surface area contributed by atoms with E-state index < -0.39 is 18.4 Å². The number of nitrogens with zero attached hydrogens (tertiary/aromatic N) is 2. The molecule has 25 heavy (non-hydrogen) atoms. The van der Waals surface area contributed by atoms with Gasteiger partial charge in [-0.1, -0.05) is 18.2 Å². The molecule has 3 aromatic rings. The van der Waals surface area contributed by atoms with Crippen LogP contribution >= 0.6 is 0 Å². The van der Waals surface area contributed by atoms with Crippen LogP contribution in [0.15, 0.2) is 48.7 Å². The molecule has 0 atom stereocenters. The van der Waals surface area contributed by atoms with Crippen LogP contribution in [0.25, 0.3) is 11.0 Å². The summed E-state index contributed by atoms with van der Waals surface area (Å²) in [6.45, 7) is -0.560. The fraction of sp³-hybridized carbons (Fsp3) is 0.0588. The first-order valence-corrected chi connectivity index (χ1v) is 7.35. The van der Waals surface area contributed by atoms with E-state index in [0.717, 1.165) is 5.69 Å². The lowest BCUT2D eigenvalue weighted by atomic mass is 10.1. The van der Waals surface area contributed by atoms with Crippen molar-refractivity contribution in [3.63, 3.8) is 0 Å². The molecule has 4 N–H and O–H groups in total. The van der Waals surface area contributed by atoms with Gasteiger partial charge in [-0.15, -0.1) is 0 Å². The molecular formula is C17H14N4O4. The van der Waals surface area contributed by atoms with Crippen LogP contribution in [-0.4, -0.2) is 38.6 Å². The molecule has 0 radical (unpaired) electrons. The number of aromatic nitrogens is 2. The fourth-order valence-corrected chi connectivity index (χ4v) is 2.27. The number of para-hydroxylation sites is 1. The average Bonchev–Trinajstić information content (AvgIpc) is 2.60. The number of anilines is 2. The van der Waals surface area contributed by atoms with Gasteiger partial charge in [-0.05, 0) is 24.3 Å². The molecule has 0 unspecified atom stereocenters. The molecule has 0 spiro atoms.